The smallest absolute Gasteiger partial charge is 0.327 e. The standard InChI is InChI=1S/C30H28N2O4S3/c1-13(2)23(29(35)36)32-27(33)21-17-12-18(22(21)28(32)34)24-20(17)19(25-26(38-24)31-30(37)39-25)16-10-8-15(9-11-16)14-6-4-3-5-7-14/h3-11,13,17-24H,12H2,1-2H3,(H,31,37)(H,35,36). The molecule has 0 radical (unpaired) electrons. The highest BCUT2D eigenvalue weighted by molar-refractivity contribution is 8.00. The Morgan fingerprint density at radius 1 is 1.00 bits per heavy atom. The Morgan fingerprint density at radius 2 is 1.64 bits per heavy atom. The molecule has 200 valence electrons. The number of thiazole rings is 1. The van der Waals surface area contributed by atoms with Crippen LogP contribution in [0.1, 0.15) is 36.6 Å². The number of H-pyrrole nitrogens is 1. The third-order valence-electron chi connectivity index (χ3n) is 9.30. The van der Waals surface area contributed by atoms with Crippen molar-refractivity contribution in [1.29, 1.82) is 0 Å². The lowest BCUT2D eigenvalue weighted by molar-refractivity contribution is -0.157. The first-order valence-corrected chi connectivity index (χ1v) is 15.5. The highest BCUT2D eigenvalue weighted by atomic mass is 32.2. The van der Waals surface area contributed by atoms with Crippen LogP contribution >= 0.6 is 35.3 Å². The van der Waals surface area contributed by atoms with Gasteiger partial charge in [-0.25, -0.2) is 4.79 Å². The summed E-state index contributed by atoms with van der Waals surface area (Å²) in [5.41, 5.74) is 3.51. The van der Waals surface area contributed by atoms with E-state index in [-0.39, 0.29) is 46.7 Å². The highest BCUT2D eigenvalue weighted by Crippen LogP contribution is 2.69. The van der Waals surface area contributed by atoms with Gasteiger partial charge in [0.1, 0.15) is 6.04 Å². The molecule has 3 aromatic rings. The van der Waals surface area contributed by atoms with Gasteiger partial charge >= 0.3 is 5.97 Å². The summed E-state index contributed by atoms with van der Waals surface area (Å²) in [7, 11) is 0. The van der Waals surface area contributed by atoms with Crippen LogP contribution in [-0.2, 0) is 14.4 Å². The van der Waals surface area contributed by atoms with E-state index in [9.17, 15) is 19.5 Å². The van der Waals surface area contributed by atoms with Gasteiger partial charge in [0.05, 0.1) is 16.9 Å². The zero-order valence-corrected chi connectivity index (χ0v) is 23.9. The van der Waals surface area contributed by atoms with E-state index in [1.807, 2.05) is 18.2 Å². The first kappa shape index (κ1) is 25.2. The highest BCUT2D eigenvalue weighted by Gasteiger charge is 2.70. The number of nitrogens with zero attached hydrogens (tertiary/aromatic N) is 1. The molecule has 8 unspecified atom stereocenters. The molecule has 7 rings (SSSR count). The normalized spacial score (nSPS) is 31.4. The van der Waals surface area contributed by atoms with Crippen molar-refractivity contribution < 1.29 is 19.5 Å². The number of carbonyl (C=O) groups excluding carboxylic acids is 2. The first-order chi connectivity index (χ1) is 18.8. The van der Waals surface area contributed by atoms with E-state index < -0.39 is 23.8 Å². The van der Waals surface area contributed by atoms with Crippen LogP contribution in [0.5, 0.6) is 0 Å². The van der Waals surface area contributed by atoms with E-state index in [1.54, 1.807) is 36.9 Å². The average Bonchev–Trinajstić information content (AvgIpc) is 3.65. The minimum atomic E-state index is -1.12. The predicted octanol–water partition coefficient (Wildman–Crippen LogP) is 6.06. The van der Waals surface area contributed by atoms with Crippen LogP contribution in [-0.4, -0.2) is 44.1 Å². The maximum Gasteiger partial charge on any atom is 0.327 e. The van der Waals surface area contributed by atoms with Crippen molar-refractivity contribution in [3.8, 4) is 11.1 Å². The molecule has 0 spiro atoms. The summed E-state index contributed by atoms with van der Waals surface area (Å²) < 4.78 is 0.741. The molecule has 2 aromatic carbocycles. The number of aromatic amines is 1. The number of aromatic nitrogens is 1. The predicted molar refractivity (Wildman–Crippen MR) is 153 cm³/mol. The number of aliphatic carboxylic acids is 1. The number of imide groups is 1. The number of fused-ring (bicyclic) bond motifs is 9. The van der Waals surface area contributed by atoms with Gasteiger partial charge in [0, 0.05) is 16.0 Å². The lowest BCUT2D eigenvalue weighted by Gasteiger charge is -2.43. The topological polar surface area (TPSA) is 90.5 Å². The van der Waals surface area contributed by atoms with Crippen molar-refractivity contribution in [2.75, 3.05) is 0 Å². The lowest BCUT2D eigenvalue weighted by Crippen LogP contribution is -2.49. The SMILES string of the molecule is CC(C)C(C(=O)O)N1C(=O)C2C3CC(C2C1=O)C1C(c2ccc(-c4ccccc4)cc2)c2sc(=S)[nH]c2SC31. The molecular formula is C30H28N2O4S3. The molecule has 1 aromatic heterocycles. The van der Waals surface area contributed by atoms with Gasteiger partial charge in [0.2, 0.25) is 11.8 Å². The summed E-state index contributed by atoms with van der Waals surface area (Å²) in [4.78, 5) is 45.4. The Kier molecular flexibility index (Phi) is 5.92. The van der Waals surface area contributed by atoms with E-state index in [1.165, 1.54) is 10.4 Å². The Bertz CT molecular complexity index is 1550. The van der Waals surface area contributed by atoms with Crippen molar-refractivity contribution in [1.82, 2.24) is 9.88 Å². The van der Waals surface area contributed by atoms with Crippen LogP contribution in [0.2, 0.25) is 0 Å². The average molecular weight is 577 g/mol. The van der Waals surface area contributed by atoms with Crippen LogP contribution in [0.4, 0.5) is 0 Å². The van der Waals surface area contributed by atoms with Gasteiger partial charge in [-0.3, -0.25) is 14.5 Å². The van der Waals surface area contributed by atoms with Gasteiger partial charge in [-0.1, -0.05) is 68.4 Å². The number of hydrogen-bond acceptors (Lipinski definition) is 6. The molecule has 2 bridgehead atoms. The molecule has 2 aliphatic heterocycles. The molecule has 3 fully saturated rings. The number of carboxylic acids is 1. The Balaban J connectivity index is 1.29. The number of carbonyl (C=O) groups is 3. The fourth-order valence-electron chi connectivity index (χ4n) is 7.89. The second kappa shape index (κ2) is 9.14. The molecular weight excluding hydrogens is 549 g/mol. The van der Waals surface area contributed by atoms with Crippen LogP contribution in [0.15, 0.2) is 59.6 Å². The molecule has 2 amide bonds. The first-order valence-electron chi connectivity index (χ1n) is 13.4. The summed E-state index contributed by atoms with van der Waals surface area (Å²) in [6.07, 6.45) is 0.830. The number of rotatable bonds is 5. The molecule has 4 aliphatic rings. The zero-order valence-electron chi connectivity index (χ0n) is 21.4. The van der Waals surface area contributed by atoms with E-state index in [4.69, 9.17) is 12.2 Å². The van der Waals surface area contributed by atoms with Gasteiger partial charge in [0.15, 0.2) is 3.95 Å². The zero-order chi connectivity index (χ0) is 27.2. The number of benzene rings is 2. The molecule has 39 heavy (non-hydrogen) atoms. The van der Waals surface area contributed by atoms with Gasteiger partial charge in [-0.15, -0.1) is 23.1 Å². The van der Waals surface area contributed by atoms with E-state index in [0.717, 1.165) is 31.4 Å². The third-order valence-corrected chi connectivity index (χ3v) is 12.2. The fraction of sp³-hybridized carbons (Fsp3) is 0.400. The van der Waals surface area contributed by atoms with Crippen LogP contribution in [0.25, 0.3) is 11.1 Å². The second-order valence-electron chi connectivity index (χ2n) is 11.5. The molecule has 2 saturated carbocycles. The number of nitrogens with one attached hydrogen (secondary N) is 1. The Hall–Kier alpha value is -2.75. The van der Waals surface area contributed by atoms with Crippen molar-refractivity contribution in [2.24, 2.45) is 35.5 Å². The molecule has 2 N–H and O–H groups in total. The summed E-state index contributed by atoms with van der Waals surface area (Å²) in [5.74, 6) is -2.59. The third kappa shape index (κ3) is 3.66. The van der Waals surface area contributed by atoms with E-state index in [2.05, 4.69) is 41.4 Å². The van der Waals surface area contributed by atoms with E-state index >= 15 is 0 Å². The molecule has 8 atom stereocenters. The minimum absolute atomic E-state index is 0.0307. The maximum atomic E-state index is 13.8. The van der Waals surface area contributed by atoms with Crippen molar-refractivity contribution in [3.63, 3.8) is 0 Å². The maximum absolute atomic E-state index is 13.8. The quantitative estimate of drug-likeness (QED) is 0.284. The second-order valence-corrected chi connectivity index (χ2v) is 14.4. The number of likely N-dealkylation sites (tertiary alicyclic amines) is 1. The summed E-state index contributed by atoms with van der Waals surface area (Å²) in [6, 6.07) is 17.9. The molecule has 3 heterocycles. The number of hydrogen-bond donors (Lipinski definition) is 2. The molecule has 1 saturated heterocycles. The number of carboxylic acid groups (broad SMARTS) is 1. The number of thioether (sulfide) groups is 1. The number of amides is 2. The van der Waals surface area contributed by atoms with Gasteiger partial charge in [-0.05, 0) is 59.0 Å². The minimum Gasteiger partial charge on any atom is -0.480 e. The lowest BCUT2D eigenvalue weighted by atomic mass is 9.68. The van der Waals surface area contributed by atoms with Crippen LogP contribution in [0, 0.1) is 39.5 Å². The van der Waals surface area contributed by atoms with E-state index in [0.29, 0.717) is 0 Å². The summed E-state index contributed by atoms with van der Waals surface area (Å²) in [5, 5.41) is 11.1. The van der Waals surface area contributed by atoms with Gasteiger partial charge in [0.25, 0.3) is 0 Å². The van der Waals surface area contributed by atoms with Crippen LogP contribution in [0.3, 0.4) is 0 Å². The molecule has 6 nitrogen and oxygen atoms in total. The van der Waals surface area contributed by atoms with Crippen molar-refractivity contribution in [3.05, 3.63) is 69.0 Å². The molecule has 2 aliphatic carbocycles. The van der Waals surface area contributed by atoms with Gasteiger partial charge < -0.3 is 10.1 Å². The Labute approximate surface area is 239 Å². The summed E-state index contributed by atoms with van der Waals surface area (Å²) >= 11 is 8.95. The fourth-order valence-corrected chi connectivity index (χ4v) is 11.2. The molecule has 9 heteroatoms. The Morgan fingerprint density at radius 3 is 2.28 bits per heavy atom. The van der Waals surface area contributed by atoms with Gasteiger partial charge in [-0.2, -0.15) is 0 Å². The largest absolute Gasteiger partial charge is 0.480 e. The monoisotopic (exact) mass is 576 g/mol. The van der Waals surface area contributed by atoms with Crippen LogP contribution < -0.4 is 0 Å². The summed E-state index contributed by atoms with van der Waals surface area (Å²) in [6.45, 7) is 3.51. The van der Waals surface area contributed by atoms with Crippen molar-refractivity contribution >= 4 is 53.1 Å². The van der Waals surface area contributed by atoms with Crippen molar-refractivity contribution in [2.45, 2.75) is 42.5 Å².